The molecule has 1 aliphatic heterocycles. The van der Waals surface area contributed by atoms with Crippen LogP contribution in [0.1, 0.15) is 18.9 Å². The average molecular weight is 368 g/mol. The van der Waals surface area contributed by atoms with E-state index in [1.54, 1.807) is 4.90 Å². The lowest BCUT2D eigenvalue weighted by Crippen LogP contribution is -2.37. The molecule has 2 N–H and O–H groups in total. The Hall–Kier alpha value is -1.40. The zero-order valence-corrected chi connectivity index (χ0v) is 14.6. The van der Waals surface area contributed by atoms with Gasteiger partial charge in [-0.3, -0.25) is 9.59 Å². The first-order valence-electron chi connectivity index (χ1n) is 7.58. The van der Waals surface area contributed by atoms with Crippen molar-refractivity contribution in [3.05, 3.63) is 28.2 Å². The summed E-state index contributed by atoms with van der Waals surface area (Å²) in [6, 6.07) is 5.80. The zero-order valence-electron chi connectivity index (χ0n) is 13.0. The lowest BCUT2D eigenvalue weighted by Gasteiger charge is -2.17. The summed E-state index contributed by atoms with van der Waals surface area (Å²) in [6.45, 7) is 6.68. The van der Waals surface area contributed by atoms with Crippen LogP contribution in [0.2, 0.25) is 0 Å². The highest BCUT2D eigenvalue weighted by atomic mass is 79.9. The summed E-state index contributed by atoms with van der Waals surface area (Å²) < 4.78 is 1.01. The van der Waals surface area contributed by atoms with Crippen LogP contribution in [0, 0.1) is 12.8 Å². The summed E-state index contributed by atoms with van der Waals surface area (Å²) in [7, 11) is 0. The van der Waals surface area contributed by atoms with Crippen molar-refractivity contribution in [3.63, 3.8) is 0 Å². The standard InChI is InChI=1S/C16H22BrN3O2/c1-3-18-6-7-19-16(22)12-9-15(21)20(10-12)13-4-5-14(17)11(2)8-13/h4-5,8,12,18H,3,6-7,9-10H2,1-2H3,(H,19,22). The highest BCUT2D eigenvalue weighted by molar-refractivity contribution is 9.10. The first-order valence-corrected chi connectivity index (χ1v) is 8.37. The monoisotopic (exact) mass is 367 g/mol. The van der Waals surface area contributed by atoms with Crippen molar-refractivity contribution in [2.45, 2.75) is 20.3 Å². The lowest BCUT2D eigenvalue weighted by atomic mass is 10.1. The molecule has 1 atom stereocenters. The molecule has 1 aliphatic rings. The minimum atomic E-state index is -0.266. The van der Waals surface area contributed by atoms with Crippen molar-refractivity contribution in [3.8, 4) is 0 Å². The van der Waals surface area contributed by atoms with Crippen LogP contribution in [0.3, 0.4) is 0 Å². The number of likely N-dealkylation sites (N-methyl/N-ethyl adjacent to an activating group) is 1. The van der Waals surface area contributed by atoms with Gasteiger partial charge in [0.1, 0.15) is 0 Å². The quantitative estimate of drug-likeness (QED) is 0.754. The Morgan fingerprint density at radius 1 is 1.41 bits per heavy atom. The van der Waals surface area contributed by atoms with Crippen molar-refractivity contribution in [2.24, 2.45) is 5.92 Å². The fourth-order valence-corrected chi connectivity index (χ4v) is 2.77. The number of hydrogen-bond acceptors (Lipinski definition) is 3. The Bertz CT molecular complexity index is 562. The molecule has 2 amide bonds. The summed E-state index contributed by atoms with van der Waals surface area (Å²) in [5, 5.41) is 6.04. The van der Waals surface area contributed by atoms with Gasteiger partial charge < -0.3 is 15.5 Å². The molecule has 1 unspecified atom stereocenters. The number of nitrogens with zero attached hydrogens (tertiary/aromatic N) is 1. The van der Waals surface area contributed by atoms with Crippen molar-refractivity contribution in [1.29, 1.82) is 0 Å². The van der Waals surface area contributed by atoms with Crippen molar-refractivity contribution < 1.29 is 9.59 Å². The molecule has 6 heteroatoms. The SMILES string of the molecule is CCNCCNC(=O)C1CC(=O)N(c2ccc(Br)c(C)c2)C1. The van der Waals surface area contributed by atoms with E-state index in [0.29, 0.717) is 13.1 Å². The molecule has 1 aromatic carbocycles. The fraction of sp³-hybridized carbons (Fsp3) is 0.500. The summed E-state index contributed by atoms with van der Waals surface area (Å²) >= 11 is 3.46. The van der Waals surface area contributed by atoms with Crippen molar-refractivity contribution in [1.82, 2.24) is 10.6 Å². The van der Waals surface area contributed by atoms with Gasteiger partial charge in [0, 0.05) is 36.2 Å². The largest absolute Gasteiger partial charge is 0.355 e. The highest BCUT2D eigenvalue weighted by Crippen LogP contribution is 2.28. The van der Waals surface area contributed by atoms with Crippen LogP contribution >= 0.6 is 15.9 Å². The topological polar surface area (TPSA) is 61.4 Å². The van der Waals surface area contributed by atoms with Crippen LogP contribution in [-0.4, -0.2) is 38.0 Å². The van der Waals surface area contributed by atoms with Gasteiger partial charge in [0.2, 0.25) is 11.8 Å². The third kappa shape index (κ3) is 4.08. The van der Waals surface area contributed by atoms with Gasteiger partial charge in [0.05, 0.1) is 5.92 Å². The van der Waals surface area contributed by atoms with Gasteiger partial charge in [-0.1, -0.05) is 22.9 Å². The number of nitrogens with one attached hydrogen (secondary N) is 2. The number of carbonyl (C=O) groups is 2. The molecular weight excluding hydrogens is 346 g/mol. The average Bonchev–Trinajstić information content (AvgIpc) is 2.88. The molecule has 22 heavy (non-hydrogen) atoms. The highest BCUT2D eigenvalue weighted by Gasteiger charge is 2.34. The second-order valence-corrected chi connectivity index (χ2v) is 6.34. The molecule has 0 aromatic heterocycles. The second kappa shape index (κ2) is 7.74. The molecule has 120 valence electrons. The Kier molecular flexibility index (Phi) is 5.97. The van der Waals surface area contributed by atoms with E-state index in [1.165, 1.54) is 0 Å². The second-order valence-electron chi connectivity index (χ2n) is 5.48. The first kappa shape index (κ1) is 17.0. The lowest BCUT2D eigenvalue weighted by molar-refractivity contribution is -0.126. The van der Waals surface area contributed by atoms with E-state index in [1.807, 2.05) is 32.0 Å². The minimum Gasteiger partial charge on any atom is -0.355 e. The van der Waals surface area contributed by atoms with E-state index in [2.05, 4.69) is 26.6 Å². The van der Waals surface area contributed by atoms with Gasteiger partial charge in [-0.05, 0) is 37.2 Å². The molecule has 0 aliphatic carbocycles. The van der Waals surface area contributed by atoms with E-state index in [0.717, 1.165) is 28.8 Å². The number of anilines is 1. The molecule has 1 aromatic rings. The summed E-state index contributed by atoms with van der Waals surface area (Å²) in [6.07, 6.45) is 0.280. The van der Waals surface area contributed by atoms with Gasteiger partial charge in [-0.2, -0.15) is 0 Å². The summed E-state index contributed by atoms with van der Waals surface area (Å²) in [5.41, 5.74) is 1.93. The van der Waals surface area contributed by atoms with E-state index in [-0.39, 0.29) is 24.2 Å². The molecule has 1 saturated heterocycles. The summed E-state index contributed by atoms with van der Waals surface area (Å²) in [4.78, 5) is 26.0. The van der Waals surface area contributed by atoms with Gasteiger partial charge in [-0.25, -0.2) is 0 Å². The van der Waals surface area contributed by atoms with Crippen LogP contribution in [0.15, 0.2) is 22.7 Å². The van der Waals surface area contributed by atoms with Crippen molar-refractivity contribution in [2.75, 3.05) is 31.1 Å². The fourth-order valence-electron chi connectivity index (χ4n) is 2.52. The number of aryl methyl sites for hydroxylation is 1. The maximum Gasteiger partial charge on any atom is 0.227 e. The summed E-state index contributed by atoms with van der Waals surface area (Å²) in [5.74, 6) is -0.297. The zero-order chi connectivity index (χ0) is 16.1. The van der Waals surface area contributed by atoms with Crippen LogP contribution in [0.5, 0.6) is 0 Å². The number of carbonyl (C=O) groups excluding carboxylic acids is 2. The molecule has 1 fully saturated rings. The molecule has 0 radical (unpaired) electrons. The maximum absolute atomic E-state index is 12.2. The van der Waals surface area contributed by atoms with Crippen LogP contribution in [0.4, 0.5) is 5.69 Å². The molecule has 0 bridgehead atoms. The smallest absolute Gasteiger partial charge is 0.227 e. The minimum absolute atomic E-state index is 0.00792. The Morgan fingerprint density at radius 2 is 2.18 bits per heavy atom. The van der Waals surface area contributed by atoms with Gasteiger partial charge in [0.25, 0.3) is 0 Å². The van der Waals surface area contributed by atoms with E-state index in [9.17, 15) is 9.59 Å². The first-order chi connectivity index (χ1) is 10.5. The van der Waals surface area contributed by atoms with Crippen molar-refractivity contribution >= 4 is 33.4 Å². The Morgan fingerprint density at radius 3 is 2.86 bits per heavy atom. The van der Waals surface area contributed by atoms with E-state index < -0.39 is 0 Å². The number of rotatable bonds is 6. The predicted molar refractivity (Wildman–Crippen MR) is 90.9 cm³/mol. The van der Waals surface area contributed by atoms with Gasteiger partial charge >= 0.3 is 0 Å². The molecule has 0 spiro atoms. The third-order valence-electron chi connectivity index (χ3n) is 3.80. The number of halogens is 1. The molecule has 1 heterocycles. The van der Waals surface area contributed by atoms with Gasteiger partial charge in [-0.15, -0.1) is 0 Å². The molecule has 0 saturated carbocycles. The number of hydrogen-bond donors (Lipinski definition) is 2. The molecular formula is C16H22BrN3O2. The third-order valence-corrected chi connectivity index (χ3v) is 4.69. The van der Waals surface area contributed by atoms with E-state index >= 15 is 0 Å². The van der Waals surface area contributed by atoms with E-state index in [4.69, 9.17) is 0 Å². The van der Waals surface area contributed by atoms with Crippen LogP contribution < -0.4 is 15.5 Å². The molecule has 5 nitrogen and oxygen atoms in total. The van der Waals surface area contributed by atoms with Crippen LogP contribution in [-0.2, 0) is 9.59 Å². The van der Waals surface area contributed by atoms with Gasteiger partial charge in [0.15, 0.2) is 0 Å². The molecule has 2 rings (SSSR count). The predicted octanol–water partition coefficient (Wildman–Crippen LogP) is 1.84. The van der Waals surface area contributed by atoms with Crippen LogP contribution in [0.25, 0.3) is 0 Å². The normalized spacial score (nSPS) is 17.9. The Balaban J connectivity index is 1.95. The number of amides is 2. The maximum atomic E-state index is 12.2. The number of benzene rings is 1. The Labute approximate surface area is 139 Å².